The van der Waals surface area contributed by atoms with E-state index in [1.54, 1.807) is 31.2 Å². The molecule has 0 aromatic heterocycles. The zero-order valence-corrected chi connectivity index (χ0v) is 10.8. The molecule has 0 radical (unpaired) electrons. The van der Waals surface area contributed by atoms with Crippen LogP contribution in [0.3, 0.4) is 0 Å². The van der Waals surface area contributed by atoms with Crippen LogP contribution in [0.1, 0.15) is 30.1 Å². The topological polar surface area (TPSA) is 64.6 Å². The fourth-order valence-corrected chi connectivity index (χ4v) is 1.91. The van der Waals surface area contributed by atoms with Crippen molar-refractivity contribution in [3.63, 3.8) is 0 Å². The van der Waals surface area contributed by atoms with Crippen LogP contribution < -0.4 is 5.32 Å². The van der Waals surface area contributed by atoms with Gasteiger partial charge in [0.05, 0.1) is 12.2 Å². The van der Waals surface area contributed by atoms with E-state index < -0.39 is 0 Å². The van der Waals surface area contributed by atoms with Crippen molar-refractivity contribution in [2.24, 2.45) is 0 Å². The number of carbonyl (C=O) groups is 2. The zero-order chi connectivity index (χ0) is 13.7. The summed E-state index contributed by atoms with van der Waals surface area (Å²) in [5, 5.41) is 2.77. The first-order valence-corrected chi connectivity index (χ1v) is 6.40. The molecule has 1 amide bonds. The van der Waals surface area contributed by atoms with Crippen LogP contribution in [-0.4, -0.2) is 31.2 Å². The highest BCUT2D eigenvalue weighted by atomic mass is 16.5. The second-order valence-electron chi connectivity index (χ2n) is 4.29. The Hall–Kier alpha value is -1.88. The van der Waals surface area contributed by atoms with Crippen molar-refractivity contribution in [2.45, 2.75) is 25.9 Å². The van der Waals surface area contributed by atoms with Crippen LogP contribution >= 0.6 is 0 Å². The molecule has 19 heavy (non-hydrogen) atoms. The smallest absolute Gasteiger partial charge is 0.338 e. The molecule has 1 atom stereocenters. The summed E-state index contributed by atoms with van der Waals surface area (Å²) in [4.78, 5) is 23.3. The quantitative estimate of drug-likeness (QED) is 0.844. The fourth-order valence-electron chi connectivity index (χ4n) is 1.91. The molecule has 1 saturated heterocycles. The second-order valence-corrected chi connectivity index (χ2v) is 4.29. The third-order valence-corrected chi connectivity index (χ3v) is 2.89. The van der Waals surface area contributed by atoms with Gasteiger partial charge >= 0.3 is 5.97 Å². The maximum absolute atomic E-state index is 11.8. The molecule has 102 valence electrons. The number of amides is 1. The molecule has 0 spiro atoms. The lowest BCUT2D eigenvalue weighted by Gasteiger charge is -2.10. The van der Waals surface area contributed by atoms with E-state index in [0.717, 1.165) is 12.8 Å². The van der Waals surface area contributed by atoms with Gasteiger partial charge in [-0.1, -0.05) is 0 Å². The Morgan fingerprint density at radius 3 is 2.68 bits per heavy atom. The van der Waals surface area contributed by atoms with E-state index in [1.807, 2.05) is 0 Å². The van der Waals surface area contributed by atoms with Gasteiger partial charge in [0.25, 0.3) is 5.91 Å². The highest BCUT2D eigenvalue weighted by Crippen LogP contribution is 2.16. The van der Waals surface area contributed by atoms with Gasteiger partial charge in [-0.3, -0.25) is 4.79 Å². The van der Waals surface area contributed by atoms with E-state index in [4.69, 9.17) is 9.47 Å². The van der Waals surface area contributed by atoms with Crippen molar-refractivity contribution >= 4 is 17.6 Å². The summed E-state index contributed by atoms with van der Waals surface area (Å²) < 4.78 is 10.2. The van der Waals surface area contributed by atoms with Crippen molar-refractivity contribution in [3.05, 3.63) is 29.8 Å². The van der Waals surface area contributed by atoms with E-state index in [9.17, 15) is 9.59 Å². The zero-order valence-electron chi connectivity index (χ0n) is 10.8. The standard InChI is InChI=1S/C14H17NO4/c1-2-18-14(17)10-5-7-11(8-6-10)15-13(16)12-4-3-9-19-12/h5-8,12H,2-4,9H2,1H3,(H,15,16)/t12-/m1/s1. The van der Waals surface area contributed by atoms with Gasteiger partial charge < -0.3 is 14.8 Å². The number of carbonyl (C=O) groups excluding carboxylic acids is 2. The number of benzene rings is 1. The number of esters is 1. The first kappa shape index (κ1) is 13.5. The minimum absolute atomic E-state index is 0.138. The molecule has 0 unspecified atom stereocenters. The van der Waals surface area contributed by atoms with E-state index >= 15 is 0 Å². The summed E-state index contributed by atoms with van der Waals surface area (Å²) in [7, 11) is 0. The third-order valence-electron chi connectivity index (χ3n) is 2.89. The molecule has 5 heteroatoms. The summed E-state index contributed by atoms with van der Waals surface area (Å²) in [6, 6.07) is 6.62. The van der Waals surface area contributed by atoms with Crippen LogP contribution in [0.2, 0.25) is 0 Å². The largest absolute Gasteiger partial charge is 0.462 e. The lowest BCUT2D eigenvalue weighted by Crippen LogP contribution is -2.26. The summed E-state index contributed by atoms with van der Waals surface area (Å²) in [6.45, 7) is 2.74. The van der Waals surface area contributed by atoms with Gasteiger partial charge in [0.1, 0.15) is 6.10 Å². The number of anilines is 1. The van der Waals surface area contributed by atoms with Gasteiger partial charge in [-0.05, 0) is 44.0 Å². The van der Waals surface area contributed by atoms with Crippen molar-refractivity contribution in [1.29, 1.82) is 0 Å². The number of hydrogen-bond donors (Lipinski definition) is 1. The van der Waals surface area contributed by atoms with Gasteiger partial charge in [-0.25, -0.2) is 4.79 Å². The van der Waals surface area contributed by atoms with Crippen LogP contribution in [0.25, 0.3) is 0 Å². The predicted octanol–water partition coefficient (Wildman–Crippen LogP) is 1.98. The van der Waals surface area contributed by atoms with E-state index in [1.165, 1.54) is 0 Å². The van der Waals surface area contributed by atoms with Gasteiger partial charge in [0.15, 0.2) is 0 Å². The molecule has 1 heterocycles. The van der Waals surface area contributed by atoms with Crippen molar-refractivity contribution in [3.8, 4) is 0 Å². The minimum atomic E-state index is -0.362. The molecule has 1 aromatic rings. The second kappa shape index (κ2) is 6.33. The molecule has 0 bridgehead atoms. The predicted molar refractivity (Wildman–Crippen MR) is 70.0 cm³/mol. The van der Waals surface area contributed by atoms with Gasteiger partial charge in [0.2, 0.25) is 0 Å². The minimum Gasteiger partial charge on any atom is -0.462 e. The summed E-state index contributed by atoms with van der Waals surface area (Å²) in [6.07, 6.45) is 1.32. The third kappa shape index (κ3) is 3.54. The Labute approximate surface area is 111 Å². The molecule has 2 rings (SSSR count). The van der Waals surface area contributed by atoms with E-state index in [0.29, 0.717) is 24.5 Å². The van der Waals surface area contributed by atoms with Crippen molar-refractivity contribution in [1.82, 2.24) is 0 Å². The molecule has 0 saturated carbocycles. The van der Waals surface area contributed by atoms with Crippen LogP contribution in [0.4, 0.5) is 5.69 Å². The number of ether oxygens (including phenoxy) is 2. The van der Waals surface area contributed by atoms with E-state index in [-0.39, 0.29) is 18.0 Å². The number of nitrogens with one attached hydrogen (secondary N) is 1. The number of hydrogen-bond acceptors (Lipinski definition) is 4. The first-order valence-electron chi connectivity index (χ1n) is 6.40. The Morgan fingerprint density at radius 2 is 2.11 bits per heavy atom. The normalized spacial score (nSPS) is 18.1. The maximum Gasteiger partial charge on any atom is 0.338 e. The molecule has 5 nitrogen and oxygen atoms in total. The molecular formula is C14H17NO4. The van der Waals surface area contributed by atoms with Crippen LogP contribution in [-0.2, 0) is 14.3 Å². The van der Waals surface area contributed by atoms with Crippen LogP contribution in [0, 0.1) is 0 Å². The van der Waals surface area contributed by atoms with Crippen LogP contribution in [0.15, 0.2) is 24.3 Å². The first-order chi connectivity index (χ1) is 9.20. The SMILES string of the molecule is CCOC(=O)c1ccc(NC(=O)[C@H]2CCCO2)cc1. The number of rotatable bonds is 4. The Balaban J connectivity index is 1.94. The molecule has 0 aliphatic carbocycles. The average molecular weight is 263 g/mol. The van der Waals surface area contributed by atoms with E-state index in [2.05, 4.69) is 5.32 Å². The molecule has 1 aromatic carbocycles. The monoisotopic (exact) mass is 263 g/mol. The Kier molecular flexibility index (Phi) is 4.52. The fraction of sp³-hybridized carbons (Fsp3) is 0.429. The molecule has 1 fully saturated rings. The van der Waals surface area contributed by atoms with Crippen molar-refractivity contribution in [2.75, 3.05) is 18.5 Å². The highest BCUT2D eigenvalue weighted by molar-refractivity contribution is 5.95. The average Bonchev–Trinajstić information content (AvgIpc) is 2.94. The summed E-state index contributed by atoms with van der Waals surface area (Å²) in [5.74, 6) is -0.499. The van der Waals surface area contributed by atoms with Gasteiger partial charge in [-0.2, -0.15) is 0 Å². The molecule has 1 aliphatic rings. The molecule has 1 N–H and O–H groups in total. The molecular weight excluding hydrogens is 246 g/mol. The summed E-state index contributed by atoms with van der Waals surface area (Å²) in [5.41, 5.74) is 1.12. The Bertz CT molecular complexity index is 449. The summed E-state index contributed by atoms with van der Waals surface area (Å²) >= 11 is 0. The van der Waals surface area contributed by atoms with Gasteiger partial charge in [-0.15, -0.1) is 0 Å². The van der Waals surface area contributed by atoms with Crippen LogP contribution in [0.5, 0.6) is 0 Å². The Morgan fingerprint density at radius 1 is 1.37 bits per heavy atom. The van der Waals surface area contributed by atoms with Crippen molar-refractivity contribution < 1.29 is 19.1 Å². The highest BCUT2D eigenvalue weighted by Gasteiger charge is 2.23. The maximum atomic E-state index is 11.8. The molecule has 1 aliphatic heterocycles. The lowest BCUT2D eigenvalue weighted by molar-refractivity contribution is -0.124. The van der Waals surface area contributed by atoms with Gasteiger partial charge in [0, 0.05) is 12.3 Å². The lowest BCUT2D eigenvalue weighted by atomic mass is 10.2.